The number of carbonyl (C=O) groups is 2. The summed E-state index contributed by atoms with van der Waals surface area (Å²) in [6, 6.07) is 4.67. The Morgan fingerprint density at radius 1 is 1.29 bits per heavy atom. The van der Waals surface area contributed by atoms with Crippen LogP contribution in [0.2, 0.25) is 5.02 Å². The van der Waals surface area contributed by atoms with Gasteiger partial charge in [-0.25, -0.2) is 0 Å². The van der Waals surface area contributed by atoms with Gasteiger partial charge in [-0.05, 0) is 25.1 Å². The van der Waals surface area contributed by atoms with Crippen molar-refractivity contribution in [3.05, 3.63) is 28.8 Å². The summed E-state index contributed by atoms with van der Waals surface area (Å²) in [5.41, 5.74) is 6.44. The molecule has 1 aromatic carbocycles. The molecule has 1 aliphatic heterocycles. The molecule has 6 nitrogen and oxygen atoms in total. The molecule has 0 aliphatic carbocycles. The second-order valence-corrected chi connectivity index (χ2v) is 5.47. The molecular weight excluding hydrogens is 294 g/mol. The molecule has 0 aromatic heterocycles. The van der Waals surface area contributed by atoms with Crippen molar-refractivity contribution < 1.29 is 14.7 Å². The van der Waals surface area contributed by atoms with Crippen LogP contribution in [-0.2, 0) is 4.79 Å². The van der Waals surface area contributed by atoms with Gasteiger partial charge in [-0.3, -0.25) is 14.5 Å². The van der Waals surface area contributed by atoms with E-state index in [1.807, 2.05) is 11.0 Å². The lowest BCUT2D eigenvalue weighted by molar-refractivity contribution is -0.142. The SMILES string of the molecule is CC(C(=O)O)N1CCN(c2ccc(C(N)=O)c(Cl)c2)CC1. The normalized spacial score (nSPS) is 17.5. The van der Waals surface area contributed by atoms with Crippen molar-refractivity contribution >= 4 is 29.2 Å². The topological polar surface area (TPSA) is 86.9 Å². The van der Waals surface area contributed by atoms with Gasteiger partial charge in [-0.2, -0.15) is 0 Å². The number of halogens is 1. The van der Waals surface area contributed by atoms with Crippen molar-refractivity contribution in [3.63, 3.8) is 0 Å². The fraction of sp³-hybridized carbons (Fsp3) is 0.429. The van der Waals surface area contributed by atoms with Crippen LogP contribution in [0.4, 0.5) is 5.69 Å². The zero-order chi connectivity index (χ0) is 15.6. The summed E-state index contributed by atoms with van der Waals surface area (Å²) in [5, 5.41) is 9.35. The van der Waals surface area contributed by atoms with Gasteiger partial charge in [-0.15, -0.1) is 0 Å². The summed E-state index contributed by atoms with van der Waals surface area (Å²) in [6.45, 7) is 4.45. The highest BCUT2D eigenvalue weighted by Crippen LogP contribution is 2.24. The number of piperazine rings is 1. The minimum atomic E-state index is -0.808. The van der Waals surface area contributed by atoms with E-state index in [1.165, 1.54) is 0 Å². The number of aliphatic carboxylic acids is 1. The lowest BCUT2D eigenvalue weighted by Gasteiger charge is -2.37. The standard InChI is InChI=1S/C14H18ClN3O3/c1-9(14(20)21)17-4-6-18(7-5-17)10-2-3-11(13(16)19)12(15)8-10/h2-3,8-9H,4-7H2,1H3,(H2,16,19)(H,20,21). The van der Waals surface area contributed by atoms with Crippen molar-refractivity contribution in [2.24, 2.45) is 5.73 Å². The van der Waals surface area contributed by atoms with E-state index in [1.54, 1.807) is 19.1 Å². The third kappa shape index (κ3) is 3.46. The molecule has 1 heterocycles. The molecule has 0 bridgehead atoms. The van der Waals surface area contributed by atoms with Crippen LogP contribution in [0.1, 0.15) is 17.3 Å². The molecule has 0 spiro atoms. The van der Waals surface area contributed by atoms with E-state index in [0.717, 1.165) is 5.69 Å². The molecule has 114 valence electrons. The van der Waals surface area contributed by atoms with E-state index in [0.29, 0.717) is 36.8 Å². The number of nitrogens with two attached hydrogens (primary N) is 1. The Morgan fingerprint density at radius 2 is 1.90 bits per heavy atom. The second-order valence-electron chi connectivity index (χ2n) is 5.07. The van der Waals surface area contributed by atoms with E-state index >= 15 is 0 Å². The number of hydrogen-bond donors (Lipinski definition) is 2. The van der Waals surface area contributed by atoms with E-state index in [9.17, 15) is 9.59 Å². The second kappa shape index (κ2) is 6.32. The maximum absolute atomic E-state index is 11.2. The van der Waals surface area contributed by atoms with Crippen molar-refractivity contribution in [1.82, 2.24) is 4.90 Å². The number of benzene rings is 1. The van der Waals surface area contributed by atoms with Gasteiger partial charge in [0.2, 0.25) is 5.91 Å². The van der Waals surface area contributed by atoms with Gasteiger partial charge in [0.15, 0.2) is 0 Å². The predicted octanol–water partition coefficient (Wildman–Crippen LogP) is 1.03. The molecule has 0 saturated carbocycles. The molecule has 1 saturated heterocycles. The lowest BCUT2D eigenvalue weighted by Crippen LogP contribution is -2.51. The molecule has 1 aliphatic rings. The number of primary amides is 1. The first kappa shape index (κ1) is 15.6. The molecule has 1 aromatic rings. The molecule has 7 heteroatoms. The molecule has 0 radical (unpaired) electrons. The summed E-state index contributed by atoms with van der Waals surface area (Å²) >= 11 is 6.05. The molecule has 1 amide bonds. The summed E-state index contributed by atoms with van der Waals surface area (Å²) in [5.74, 6) is -1.36. The number of hydrogen-bond acceptors (Lipinski definition) is 4. The number of nitrogens with zero attached hydrogens (tertiary/aromatic N) is 2. The summed E-state index contributed by atoms with van der Waals surface area (Å²) in [6.07, 6.45) is 0. The smallest absolute Gasteiger partial charge is 0.320 e. The zero-order valence-electron chi connectivity index (χ0n) is 11.8. The van der Waals surface area contributed by atoms with Crippen LogP contribution in [-0.4, -0.2) is 54.1 Å². The van der Waals surface area contributed by atoms with E-state index in [-0.39, 0.29) is 0 Å². The first-order valence-electron chi connectivity index (χ1n) is 6.71. The Balaban J connectivity index is 2.04. The number of carbonyl (C=O) groups excluding carboxylic acids is 1. The van der Waals surface area contributed by atoms with Crippen LogP contribution in [0.25, 0.3) is 0 Å². The fourth-order valence-electron chi connectivity index (χ4n) is 2.42. The van der Waals surface area contributed by atoms with Crippen molar-refractivity contribution in [1.29, 1.82) is 0 Å². The van der Waals surface area contributed by atoms with Crippen LogP contribution < -0.4 is 10.6 Å². The van der Waals surface area contributed by atoms with Gasteiger partial charge >= 0.3 is 5.97 Å². The van der Waals surface area contributed by atoms with Gasteiger partial charge < -0.3 is 15.7 Å². The number of anilines is 1. The molecular formula is C14H18ClN3O3. The maximum Gasteiger partial charge on any atom is 0.320 e. The van der Waals surface area contributed by atoms with Gasteiger partial charge in [0, 0.05) is 31.9 Å². The third-order valence-electron chi connectivity index (χ3n) is 3.80. The zero-order valence-corrected chi connectivity index (χ0v) is 12.5. The minimum Gasteiger partial charge on any atom is -0.480 e. The quantitative estimate of drug-likeness (QED) is 0.867. The number of amides is 1. The van der Waals surface area contributed by atoms with Crippen molar-refractivity contribution in [3.8, 4) is 0 Å². The lowest BCUT2D eigenvalue weighted by atomic mass is 10.1. The summed E-state index contributed by atoms with van der Waals surface area (Å²) in [4.78, 5) is 26.2. The highest BCUT2D eigenvalue weighted by Gasteiger charge is 2.25. The van der Waals surface area contributed by atoms with Gasteiger partial charge in [0.05, 0.1) is 10.6 Å². The maximum atomic E-state index is 11.2. The Morgan fingerprint density at radius 3 is 2.38 bits per heavy atom. The van der Waals surface area contributed by atoms with Crippen LogP contribution in [0.3, 0.4) is 0 Å². The predicted molar refractivity (Wildman–Crippen MR) is 80.9 cm³/mol. The van der Waals surface area contributed by atoms with Crippen molar-refractivity contribution in [2.75, 3.05) is 31.1 Å². The highest BCUT2D eigenvalue weighted by molar-refractivity contribution is 6.34. The van der Waals surface area contributed by atoms with Crippen LogP contribution >= 0.6 is 11.6 Å². The fourth-order valence-corrected chi connectivity index (χ4v) is 2.69. The van der Waals surface area contributed by atoms with Crippen molar-refractivity contribution in [2.45, 2.75) is 13.0 Å². The minimum absolute atomic E-state index is 0.304. The van der Waals surface area contributed by atoms with Crippen LogP contribution in [0, 0.1) is 0 Å². The van der Waals surface area contributed by atoms with Gasteiger partial charge in [0.25, 0.3) is 0 Å². The summed E-state index contributed by atoms with van der Waals surface area (Å²) in [7, 11) is 0. The molecule has 2 rings (SSSR count). The number of rotatable bonds is 4. The highest BCUT2D eigenvalue weighted by atomic mass is 35.5. The molecule has 1 atom stereocenters. The average molecular weight is 312 g/mol. The largest absolute Gasteiger partial charge is 0.480 e. The first-order chi connectivity index (χ1) is 9.90. The summed E-state index contributed by atoms with van der Waals surface area (Å²) < 4.78 is 0. The number of carboxylic acid groups (broad SMARTS) is 1. The molecule has 3 N–H and O–H groups in total. The Labute approximate surface area is 128 Å². The van der Waals surface area contributed by atoms with Crippen LogP contribution in [0.5, 0.6) is 0 Å². The van der Waals surface area contributed by atoms with Gasteiger partial charge in [-0.1, -0.05) is 11.6 Å². The Bertz CT molecular complexity index is 556. The first-order valence-corrected chi connectivity index (χ1v) is 7.09. The molecule has 1 unspecified atom stereocenters. The average Bonchev–Trinajstić information content (AvgIpc) is 2.46. The molecule has 21 heavy (non-hydrogen) atoms. The van der Waals surface area contributed by atoms with E-state index < -0.39 is 17.9 Å². The Kier molecular flexibility index (Phi) is 4.69. The third-order valence-corrected chi connectivity index (χ3v) is 4.12. The Hall–Kier alpha value is -1.79. The number of carboxylic acids is 1. The van der Waals surface area contributed by atoms with Gasteiger partial charge in [0.1, 0.15) is 6.04 Å². The van der Waals surface area contributed by atoms with E-state index in [4.69, 9.17) is 22.4 Å². The monoisotopic (exact) mass is 311 g/mol. The van der Waals surface area contributed by atoms with Crippen LogP contribution in [0.15, 0.2) is 18.2 Å². The molecule has 1 fully saturated rings. The van der Waals surface area contributed by atoms with E-state index in [2.05, 4.69) is 4.90 Å².